The molecule has 1 N–H and O–H groups in total. The summed E-state index contributed by atoms with van der Waals surface area (Å²) in [5.41, 5.74) is 10.6. The number of benzene rings is 8. The summed E-state index contributed by atoms with van der Waals surface area (Å²) in [6.45, 7) is 0. The molecule has 11 aromatic rings. The van der Waals surface area contributed by atoms with Gasteiger partial charge in [-0.2, -0.15) is 0 Å². The van der Waals surface area contributed by atoms with Crippen LogP contribution in [-0.4, -0.2) is 16.2 Å². The molecular weight excluding hydrogens is 717 g/mol. The average Bonchev–Trinajstić information content (AvgIpc) is 3.96. The zero-order valence-corrected chi connectivity index (χ0v) is 31.4. The topological polar surface area (TPSA) is 54.8 Å². The van der Waals surface area contributed by atoms with Crippen LogP contribution in [0, 0.1) is 0 Å². The molecule has 1 atom stereocenters. The standard InChI is InChI=1S/C51H32N4OS/c1-3-13-31(14-4-1)49-52-50(32-15-5-2-6-16-32)54-51(53-49)38-20-12-24-46-47(38)40-30-34(26-28-45(40)57-46)33-25-27-44-39(29-33)37-19-11-23-43(48(37)56-44)55-41-21-9-7-17-35(41)36-18-8-10-22-42(36)55/h1-30,51H,(H,52,53,54). The molecule has 0 saturated heterocycles. The van der Waals surface area contributed by atoms with Crippen LogP contribution in [0.1, 0.15) is 22.9 Å². The molecular formula is C51H32N4OS. The van der Waals surface area contributed by atoms with Gasteiger partial charge < -0.3 is 14.3 Å². The maximum absolute atomic E-state index is 6.73. The fourth-order valence-electron chi connectivity index (χ4n) is 8.65. The molecule has 12 rings (SSSR count). The second-order valence-corrected chi connectivity index (χ2v) is 15.6. The Kier molecular flexibility index (Phi) is 7.09. The number of nitrogens with zero attached hydrogens (tertiary/aromatic N) is 3. The highest BCUT2D eigenvalue weighted by molar-refractivity contribution is 7.25. The Morgan fingerprint density at radius 2 is 1.16 bits per heavy atom. The molecule has 57 heavy (non-hydrogen) atoms. The number of para-hydroxylation sites is 3. The third kappa shape index (κ3) is 5.08. The van der Waals surface area contributed by atoms with E-state index in [0.29, 0.717) is 0 Å². The smallest absolute Gasteiger partial charge is 0.159 e. The van der Waals surface area contributed by atoms with Crippen molar-refractivity contribution in [3.63, 3.8) is 0 Å². The Bertz CT molecular complexity index is 3390. The molecule has 3 aromatic heterocycles. The number of hydrogen-bond acceptors (Lipinski definition) is 5. The number of thiophene rings is 1. The molecule has 1 unspecified atom stereocenters. The second-order valence-electron chi connectivity index (χ2n) is 14.6. The van der Waals surface area contributed by atoms with Gasteiger partial charge >= 0.3 is 0 Å². The molecule has 0 fully saturated rings. The number of nitrogens with one attached hydrogen (secondary N) is 1. The zero-order valence-electron chi connectivity index (χ0n) is 30.6. The van der Waals surface area contributed by atoms with Crippen LogP contribution in [0.15, 0.2) is 196 Å². The summed E-state index contributed by atoms with van der Waals surface area (Å²) in [5, 5.41) is 10.8. The van der Waals surface area contributed by atoms with Crippen molar-refractivity contribution in [1.29, 1.82) is 0 Å². The summed E-state index contributed by atoms with van der Waals surface area (Å²) in [4.78, 5) is 10.3. The van der Waals surface area contributed by atoms with Gasteiger partial charge in [-0.15, -0.1) is 11.3 Å². The third-order valence-corrected chi connectivity index (χ3v) is 12.4. The Morgan fingerprint density at radius 1 is 0.509 bits per heavy atom. The third-order valence-electron chi connectivity index (χ3n) is 11.3. The molecule has 8 aromatic carbocycles. The van der Waals surface area contributed by atoms with Crippen LogP contribution in [-0.2, 0) is 0 Å². The Hall–Kier alpha value is -7.28. The lowest BCUT2D eigenvalue weighted by Gasteiger charge is -2.24. The number of furan rings is 1. The summed E-state index contributed by atoms with van der Waals surface area (Å²) in [5.74, 6) is 1.53. The van der Waals surface area contributed by atoms with Crippen LogP contribution in [0.5, 0.6) is 0 Å². The first-order valence-electron chi connectivity index (χ1n) is 19.2. The van der Waals surface area contributed by atoms with Gasteiger partial charge in [0.1, 0.15) is 17.6 Å². The van der Waals surface area contributed by atoms with Gasteiger partial charge in [0.05, 0.1) is 16.7 Å². The van der Waals surface area contributed by atoms with Crippen LogP contribution in [0.25, 0.3) is 80.7 Å². The van der Waals surface area contributed by atoms with E-state index in [4.69, 9.17) is 14.4 Å². The van der Waals surface area contributed by atoms with E-state index in [1.807, 2.05) is 47.7 Å². The van der Waals surface area contributed by atoms with E-state index in [0.717, 1.165) is 78.1 Å². The molecule has 6 heteroatoms. The first-order chi connectivity index (χ1) is 28.2. The molecule has 0 aliphatic carbocycles. The van der Waals surface area contributed by atoms with Gasteiger partial charge in [0, 0.05) is 58.4 Å². The lowest BCUT2D eigenvalue weighted by Crippen LogP contribution is -2.33. The average molecular weight is 749 g/mol. The summed E-state index contributed by atoms with van der Waals surface area (Å²) in [7, 11) is 0. The van der Waals surface area contributed by atoms with E-state index in [9.17, 15) is 0 Å². The van der Waals surface area contributed by atoms with Crippen molar-refractivity contribution in [2.24, 2.45) is 9.98 Å². The number of hydrogen-bond donors (Lipinski definition) is 1. The van der Waals surface area contributed by atoms with Crippen molar-refractivity contribution in [3.8, 4) is 16.8 Å². The number of aliphatic imine (C=N–C) groups is 2. The first-order valence-corrected chi connectivity index (χ1v) is 20.0. The highest BCUT2D eigenvalue weighted by Gasteiger charge is 2.24. The highest BCUT2D eigenvalue weighted by Crippen LogP contribution is 2.43. The number of rotatable bonds is 5. The summed E-state index contributed by atoms with van der Waals surface area (Å²) in [6, 6.07) is 64.3. The summed E-state index contributed by atoms with van der Waals surface area (Å²) in [6.07, 6.45) is -0.324. The quantitative estimate of drug-likeness (QED) is 0.191. The van der Waals surface area contributed by atoms with Gasteiger partial charge in [0.2, 0.25) is 0 Å². The SMILES string of the molecule is c1ccc(C2=NC(c3cccc4sc5ccc(-c6ccc7oc8c(-n9c%10ccccc%10c%10ccccc%109)cccc8c7c6)cc5c34)NC(c3ccccc3)=N2)cc1. The second kappa shape index (κ2) is 12.6. The molecule has 4 heterocycles. The molecule has 1 aliphatic heterocycles. The van der Waals surface area contributed by atoms with Gasteiger partial charge in [-0.3, -0.25) is 0 Å². The van der Waals surface area contributed by atoms with Crippen LogP contribution in [0.2, 0.25) is 0 Å². The van der Waals surface area contributed by atoms with Gasteiger partial charge in [0.15, 0.2) is 11.4 Å². The summed E-state index contributed by atoms with van der Waals surface area (Å²) < 4.78 is 11.5. The van der Waals surface area contributed by atoms with E-state index in [2.05, 4.69) is 155 Å². The van der Waals surface area contributed by atoms with Crippen molar-refractivity contribution < 1.29 is 4.42 Å². The maximum atomic E-state index is 6.73. The molecule has 0 spiro atoms. The fraction of sp³-hybridized carbons (Fsp3) is 0.0196. The predicted octanol–water partition coefficient (Wildman–Crippen LogP) is 13.2. The highest BCUT2D eigenvalue weighted by atomic mass is 32.1. The molecule has 0 bridgehead atoms. The molecule has 0 radical (unpaired) electrons. The van der Waals surface area contributed by atoms with Crippen molar-refractivity contribution in [1.82, 2.24) is 9.88 Å². The number of amidine groups is 2. The van der Waals surface area contributed by atoms with Crippen LogP contribution in [0.4, 0.5) is 0 Å². The molecule has 1 aliphatic rings. The van der Waals surface area contributed by atoms with Gasteiger partial charge in [-0.25, -0.2) is 9.98 Å². The lowest BCUT2D eigenvalue weighted by atomic mass is 9.98. The van der Waals surface area contributed by atoms with Crippen molar-refractivity contribution in [2.75, 3.05) is 0 Å². The van der Waals surface area contributed by atoms with E-state index >= 15 is 0 Å². The zero-order chi connectivity index (χ0) is 37.5. The number of fused-ring (bicyclic) bond motifs is 9. The molecule has 5 nitrogen and oxygen atoms in total. The van der Waals surface area contributed by atoms with E-state index < -0.39 is 0 Å². The lowest BCUT2D eigenvalue weighted by molar-refractivity contribution is 0.666. The van der Waals surface area contributed by atoms with Gasteiger partial charge in [0.25, 0.3) is 0 Å². The summed E-state index contributed by atoms with van der Waals surface area (Å²) >= 11 is 1.82. The maximum Gasteiger partial charge on any atom is 0.159 e. The minimum atomic E-state index is -0.324. The first kappa shape index (κ1) is 32.0. The Balaban J connectivity index is 0.992. The van der Waals surface area contributed by atoms with E-state index in [1.165, 1.54) is 30.9 Å². The van der Waals surface area contributed by atoms with Crippen molar-refractivity contribution in [3.05, 3.63) is 199 Å². The van der Waals surface area contributed by atoms with E-state index in [1.54, 1.807) is 0 Å². The van der Waals surface area contributed by atoms with Crippen LogP contribution < -0.4 is 5.32 Å². The Morgan fingerprint density at radius 3 is 1.93 bits per heavy atom. The monoisotopic (exact) mass is 748 g/mol. The molecule has 268 valence electrons. The number of aromatic nitrogens is 1. The van der Waals surface area contributed by atoms with Crippen molar-refractivity contribution >= 4 is 86.9 Å². The Labute approximate surface area is 331 Å². The minimum Gasteiger partial charge on any atom is -0.454 e. The van der Waals surface area contributed by atoms with Gasteiger partial charge in [-0.1, -0.05) is 133 Å². The van der Waals surface area contributed by atoms with Crippen molar-refractivity contribution in [2.45, 2.75) is 6.17 Å². The minimum absolute atomic E-state index is 0.324. The van der Waals surface area contributed by atoms with Gasteiger partial charge in [-0.05, 0) is 59.7 Å². The van der Waals surface area contributed by atoms with Crippen LogP contribution in [0.3, 0.4) is 0 Å². The predicted molar refractivity (Wildman–Crippen MR) is 238 cm³/mol. The normalized spacial score (nSPS) is 14.5. The van der Waals surface area contributed by atoms with Crippen LogP contribution >= 0.6 is 11.3 Å². The fourth-order valence-corrected chi connectivity index (χ4v) is 9.77. The molecule has 0 saturated carbocycles. The molecule has 0 amide bonds. The van der Waals surface area contributed by atoms with E-state index in [-0.39, 0.29) is 6.17 Å². The largest absolute Gasteiger partial charge is 0.454 e.